The summed E-state index contributed by atoms with van der Waals surface area (Å²) in [5, 5.41) is 14.9. The molecule has 2 fully saturated rings. The lowest BCUT2D eigenvalue weighted by Crippen LogP contribution is -2.54. The highest BCUT2D eigenvalue weighted by molar-refractivity contribution is 7.14. The molecule has 1 atom stereocenters. The average Bonchev–Trinajstić information content (AvgIpc) is 3.23. The van der Waals surface area contributed by atoms with E-state index in [1.165, 1.54) is 11.3 Å². The van der Waals surface area contributed by atoms with Crippen LogP contribution in [0.5, 0.6) is 0 Å². The molecule has 4 rings (SSSR count). The van der Waals surface area contributed by atoms with Crippen molar-refractivity contribution in [2.24, 2.45) is 0 Å². The maximum Gasteiger partial charge on any atom is 0.323 e. The van der Waals surface area contributed by atoms with Gasteiger partial charge in [-0.3, -0.25) is 14.6 Å². The summed E-state index contributed by atoms with van der Waals surface area (Å²) >= 11 is 1.38. The maximum atomic E-state index is 12.8. The number of thiazole rings is 1. The number of nitrogens with zero attached hydrogens (tertiary/aromatic N) is 5. The van der Waals surface area contributed by atoms with Crippen LogP contribution in [0.25, 0.3) is 0 Å². The van der Waals surface area contributed by atoms with Crippen molar-refractivity contribution in [1.82, 2.24) is 20.1 Å². The van der Waals surface area contributed by atoms with Crippen LogP contribution >= 0.6 is 11.3 Å². The van der Waals surface area contributed by atoms with Crippen LogP contribution in [0.4, 0.5) is 9.93 Å². The SMILES string of the molecule is N#CC1CN(C(=O)Cc2csc(N3CCCNC3=O)n2)CCN1Cc1ccccc1. The van der Waals surface area contributed by atoms with Crippen LogP contribution in [0.1, 0.15) is 17.7 Å². The summed E-state index contributed by atoms with van der Waals surface area (Å²) in [6, 6.07) is 11.9. The minimum Gasteiger partial charge on any atom is -0.338 e. The van der Waals surface area contributed by atoms with Gasteiger partial charge in [0.05, 0.1) is 18.2 Å². The van der Waals surface area contributed by atoms with Gasteiger partial charge in [-0.1, -0.05) is 30.3 Å². The highest BCUT2D eigenvalue weighted by Crippen LogP contribution is 2.23. The van der Waals surface area contributed by atoms with Gasteiger partial charge in [-0.05, 0) is 12.0 Å². The molecule has 0 bridgehead atoms. The smallest absolute Gasteiger partial charge is 0.323 e. The van der Waals surface area contributed by atoms with E-state index in [9.17, 15) is 14.9 Å². The van der Waals surface area contributed by atoms with E-state index in [0.29, 0.717) is 50.1 Å². The zero-order valence-electron chi connectivity index (χ0n) is 16.7. The van der Waals surface area contributed by atoms with Crippen molar-refractivity contribution in [3.05, 3.63) is 47.0 Å². The number of piperazine rings is 1. The van der Waals surface area contributed by atoms with Gasteiger partial charge in [0.15, 0.2) is 5.13 Å². The average molecular weight is 425 g/mol. The number of hydrogen-bond acceptors (Lipinski definition) is 6. The number of urea groups is 1. The second kappa shape index (κ2) is 9.24. The molecular weight excluding hydrogens is 400 g/mol. The molecule has 3 heterocycles. The highest BCUT2D eigenvalue weighted by Gasteiger charge is 2.30. The molecule has 9 heteroatoms. The van der Waals surface area contributed by atoms with Crippen LogP contribution in [-0.4, -0.2) is 65.5 Å². The number of anilines is 1. The van der Waals surface area contributed by atoms with Gasteiger partial charge in [-0.15, -0.1) is 11.3 Å². The molecule has 0 spiro atoms. The van der Waals surface area contributed by atoms with Crippen LogP contribution in [0, 0.1) is 11.3 Å². The second-order valence-corrected chi connectivity index (χ2v) is 8.31. The number of hydrogen-bond donors (Lipinski definition) is 1. The zero-order valence-corrected chi connectivity index (χ0v) is 17.5. The molecule has 1 aromatic heterocycles. The van der Waals surface area contributed by atoms with Crippen molar-refractivity contribution in [3.8, 4) is 6.07 Å². The van der Waals surface area contributed by atoms with E-state index in [4.69, 9.17) is 0 Å². The lowest BCUT2D eigenvalue weighted by molar-refractivity contribution is -0.133. The van der Waals surface area contributed by atoms with Crippen molar-refractivity contribution < 1.29 is 9.59 Å². The summed E-state index contributed by atoms with van der Waals surface area (Å²) in [7, 11) is 0. The number of carbonyl (C=O) groups is 2. The summed E-state index contributed by atoms with van der Waals surface area (Å²) in [6.07, 6.45) is 1.06. The zero-order chi connectivity index (χ0) is 20.9. The normalized spacial score (nSPS) is 20.0. The molecule has 1 N–H and O–H groups in total. The summed E-state index contributed by atoms with van der Waals surface area (Å²) in [5.74, 6) is -0.0328. The first kappa shape index (κ1) is 20.3. The monoisotopic (exact) mass is 424 g/mol. The molecule has 0 radical (unpaired) electrons. The molecule has 30 heavy (non-hydrogen) atoms. The van der Waals surface area contributed by atoms with E-state index in [-0.39, 0.29) is 24.4 Å². The van der Waals surface area contributed by atoms with Crippen LogP contribution in [0.2, 0.25) is 0 Å². The Hall–Kier alpha value is -2.96. The van der Waals surface area contributed by atoms with E-state index in [1.807, 2.05) is 35.7 Å². The Morgan fingerprint density at radius 1 is 1.27 bits per heavy atom. The van der Waals surface area contributed by atoms with Gasteiger partial charge >= 0.3 is 6.03 Å². The summed E-state index contributed by atoms with van der Waals surface area (Å²) in [4.78, 5) is 34.8. The Morgan fingerprint density at radius 2 is 2.10 bits per heavy atom. The Labute approximate surface area is 179 Å². The second-order valence-electron chi connectivity index (χ2n) is 7.48. The molecule has 2 saturated heterocycles. The predicted molar refractivity (Wildman–Crippen MR) is 114 cm³/mol. The van der Waals surface area contributed by atoms with Gasteiger partial charge in [-0.25, -0.2) is 9.78 Å². The maximum absolute atomic E-state index is 12.8. The number of carbonyl (C=O) groups excluding carboxylic acids is 2. The van der Waals surface area contributed by atoms with Gasteiger partial charge < -0.3 is 10.2 Å². The molecule has 3 amide bonds. The Morgan fingerprint density at radius 3 is 2.87 bits per heavy atom. The Balaban J connectivity index is 1.34. The van der Waals surface area contributed by atoms with Crippen LogP contribution < -0.4 is 10.2 Å². The molecule has 0 aliphatic carbocycles. The molecular formula is C21H24N6O2S. The fraction of sp³-hybridized carbons (Fsp3) is 0.429. The fourth-order valence-electron chi connectivity index (χ4n) is 3.76. The van der Waals surface area contributed by atoms with E-state index < -0.39 is 0 Å². The molecule has 2 aliphatic heterocycles. The largest absolute Gasteiger partial charge is 0.338 e. The minimum absolute atomic E-state index is 0.0328. The van der Waals surface area contributed by atoms with Gasteiger partial charge in [0.1, 0.15) is 6.04 Å². The van der Waals surface area contributed by atoms with E-state index in [2.05, 4.69) is 21.3 Å². The van der Waals surface area contributed by atoms with Gasteiger partial charge in [0.25, 0.3) is 0 Å². The van der Waals surface area contributed by atoms with Crippen molar-refractivity contribution in [1.29, 1.82) is 5.26 Å². The first-order valence-corrected chi connectivity index (χ1v) is 11.0. The number of rotatable bonds is 5. The van der Waals surface area contributed by atoms with Gasteiger partial charge in [-0.2, -0.15) is 5.26 Å². The Kier molecular flexibility index (Phi) is 6.26. The van der Waals surface area contributed by atoms with E-state index >= 15 is 0 Å². The van der Waals surface area contributed by atoms with Crippen molar-refractivity contribution in [2.45, 2.75) is 25.4 Å². The molecule has 156 valence electrons. The molecule has 1 aromatic carbocycles. The van der Waals surface area contributed by atoms with E-state index in [0.717, 1.165) is 12.0 Å². The Bertz CT molecular complexity index is 940. The molecule has 0 saturated carbocycles. The van der Waals surface area contributed by atoms with Crippen molar-refractivity contribution >= 4 is 28.4 Å². The third-order valence-corrected chi connectivity index (χ3v) is 6.32. The van der Waals surface area contributed by atoms with Crippen molar-refractivity contribution in [2.75, 3.05) is 37.6 Å². The van der Waals surface area contributed by atoms with Crippen molar-refractivity contribution in [3.63, 3.8) is 0 Å². The molecule has 8 nitrogen and oxygen atoms in total. The van der Waals surface area contributed by atoms with Crippen LogP contribution in [0.3, 0.4) is 0 Å². The fourth-order valence-corrected chi connectivity index (χ4v) is 4.61. The van der Waals surface area contributed by atoms with Gasteiger partial charge in [0.2, 0.25) is 5.91 Å². The quantitative estimate of drug-likeness (QED) is 0.791. The van der Waals surface area contributed by atoms with E-state index in [1.54, 1.807) is 9.80 Å². The summed E-state index contributed by atoms with van der Waals surface area (Å²) < 4.78 is 0. The number of aromatic nitrogens is 1. The highest BCUT2D eigenvalue weighted by atomic mass is 32.1. The number of nitrogens with one attached hydrogen (secondary N) is 1. The summed E-state index contributed by atoms with van der Waals surface area (Å²) in [6.45, 7) is 3.68. The predicted octanol–water partition coefficient (Wildman–Crippen LogP) is 1.84. The summed E-state index contributed by atoms with van der Waals surface area (Å²) in [5.41, 5.74) is 1.83. The first-order chi connectivity index (χ1) is 14.6. The molecule has 2 aliphatic rings. The van der Waals surface area contributed by atoms with Gasteiger partial charge in [0, 0.05) is 44.6 Å². The molecule has 1 unspecified atom stereocenters. The number of amides is 3. The first-order valence-electron chi connectivity index (χ1n) is 10.1. The van der Waals surface area contributed by atoms with Crippen LogP contribution in [0.15, 0.2) is 35.7 Å². The minimum atomic E-state index is -0.328. The topological polar surface area (TPSA) is 92.6 Å². The third-order valence-electron chi connectivity index (χ3n) is 5.40. The third kappa shape index (κ3) is 4.61. The number of benzene rings is 1. The number of nitriles is 1. The van der Waals surface area contributed by atoms with Crippen LogP contribution in [-0.2, 0) is 17.8 Å². The lowest BCUT2D eigenvalue weighted by Gasteiger charge is -2.38. The lowest BCUT2D eigenvalue weighted by atomic mass is 10.1. The molecule has 2 aromatic rings. The standard InChI is InChI=1S/C21H24N6O2S/c22-12-18-14-26(10-9-25(18)13-16-5-2-1-3-6-16)19(28)11-17-15-30-21(24-17)27-8-4-7-23-20(27)29/h1-3,5-6,15,18H,4,7-11,13-14H2,(H,23,29).